The van der Waals surface area contributed by atoms with Crippen LogP contribution in [0.1, 0.15) is 51.4 Å². The zero-order valence-corrected chi connectivity index (χ0v) is 14.5. The molecule has 0 aliphatic carbocycles. The van der Waals surface area contributed by atoms with E-state index in [1.165, 1.54) is 0 Å². The average molecular weight is 418 g/mol. The van der Waals surface area contributed by atoms with Gasteiger partial charge in [0.1, 0.15) is 0 Å². The summed E-state index contributed by atoms with van der Waals surface area (Å²) in [7, 11) is -7.01. The molecule has 0 aromatic rings. The zero-order chi connectivity index (χ0) is 20.2. The first kappa shape index (κ1) is 28.1. The number of unbranched alkanes of at least 4 members (excludes halogenated alkanes) is 5. The van der Waals surface area contributed by atoms with E-state index in [4.69, 9.17) is 0 Å². The van der Waals surface area contributed by atoms with Crippen molar-refractivity contribution in [2.45, 2.75) is 74.6 Å². The fraction of sp³-hybridized carbons (Fsp3) is 1.00. The van der Waals surface area contributed by atoms with Crippen molar-refractivity contribution in [1.29, 1.82) is 0 Å². The second-order valence-electron chi connectivity index (χ2n) is 5.49. The van der Waals surface area contributed by atoms with E-state index >= 15 is 0 Å². The summed E-state index contributed by atoms with van der Waals surface area (Å²) in [6.45, 7) is 0. The molecule has 152 valence electrons. The largest absolute Gasteiger partial charge is 1.00 e. The van der Waals surface area contributed by atoms with Crippen LogP contribution in [0.3, 0.4) is 0 Å². The van der Waals surface area contributed by atoms with E-state index in [0.29, 0.717) is 0 Å². The van der Waals surface area contributed by atoms with Crippen LogP contribution in [0.25, 0.3) is 0 Å². The Labute approximate surface area is 156 Å². The standard InChI is InChI=1S/C12H17F9O3S.Li/c13-9(14,11(18,19)12(20,21)25(22,23)24)7-5-3-1-2-4-6-8-10(15,16)17;/h1-8H2,(H,22,23,24);/q;+1/p-1. The number of hydrogen-bond acceptors (Lipinski definition) is 3. The smallest absolute Gasteiger partial charge is 0.743 e. The van der Waals surface area contributed by atoms with Gasteiger partial charge in [-0.25, -0.2) is 8.42 Å². The Morgan fingerprint density at radius 1 is 0.654 bits per heavy atom. The molecule has 0 radical (unpaired) electrons. The Kier molecular flexibility index (Phi) is 10.7. The van der Waals surface area contributed by atoms with Crippen molar-refractivity contribution in [3.8, 4) is 0 Å². The van der Waals surface area contributed by atoms with Crippen molar-refractivity contribution in [2.75, 3.05) is 0 Å². The fourth-order valence-corrected chi connectivity index (χ4v) is 2.37. The van der Waals surface area contributed by atoms with Crippen LogP contribution >= 0.6 is 0 Å². The molecule has 0 spiro atoms. The summed E-state index contributed by atoms with van der Waals surface area (Å²) in [4.78, 5) is 0. The molecular formula is C12H16F9LiO3S. The monoisotopic (exact) mass is 418 g/mol. The Bertz CT molecular complexity index is 521. The van der Waals surface area contributed by atoms with E-state index < -0.39 is 52.7 Å². The van der Waals surface area contributed by atoms with E-state index in [0.717, 1.165) is 0 Å². The molecule has 0 N–H and O–H groups in total. The summed E-state index contributed by atoms with van der Waals surface area (Å²) < 4.78 is 144. The molecular weight excluding hydrogens is 402 g/mol. The van der Waals surface area contributed by atoms with E-state index in [2.05, 4.69) is 0 Å². The SMILES string of the molecule is O=S(=O)([O-])C(F)(F)C(F)(F)C(F)(F)CCCCCCCCC(F)(F)F.[Li+]. The van der Waals surface area contributed by atoms with Crippen molar-refractivity contribution in [1.82, 2.24) is 0 Å². The molecule has 0 bridgehead atoms. The van der Waals surface area contributed by atoms with Gasteiger partial charge in [-0.15, -0.1) is 0 Å². The van der Waals surface area contributed by atoms with Gasteiger partial charge in [-0.1, -0.05) is 25.7 Å². The molecule has 0 unspecified atom stereocenters. The van der Waals surface area contributed by atoms with Gasteiger partial charge in [0.2, 0.25) is 0 Å². The molecule has 0 fully saturated rings. The second-order valence-corrected chi connectivity index (χ2v) is 6.91. The molecule has 0 aromatic carbocycles. The van der Waals surface area contributed by atoms with Crippen molar-refractivity contribution < 1.29 is 71.3 Å². The molecule has 14 heteroatoms. The number of hydrogen-bond donors (Lipinski definition) is 0. The van der Waals surface area contributed by atoms with Gasteiger partial charge >= 0.3 is 42.1 Å². The minimum atomic E-state index is -7.01. The maximum Gasteiger partial charge on any atom is 1.00 e. The first-order chi connectivity index (χ1) is 11.0. The fourth-order valence-electron chi connectivity index (χ4n) is 1.91. The first-order valence-corrected chi connectivity index (χ1v) is 8.52. The molecule has 26 heavy (non-hydrogen) atoms. The molecule has 0 aliphatic rings. The molecule has 0 rings (SSSR count). The van der Waals surface area contributed by atoms with Crippen molar-refractivity contribution >= 4 is 10.1 Å². The van der Waals surface area contributed by atoms with Gasteiger partial charge in [0.15, 0.2) is 10.1 Å². The summed E-state index contributed by atoms with van der Waals surface area (Å²) >= 11 is 0. The van der Waals surface area contributed by atoms with Crippen molar-refractivity contribution in [2.24, 2.45) is 0 Å². The number of alkyl halides is 9. The van der Waals surface area contributed by atoms with Crippen molar-refractivity contribution in [3.05, 3.63) is 0 Å². The minimum absolute atomic E-state index is 0. The van der Waals surface area contributed by atoms with Gasteiger partial charge in [-0.3, -0.25) is 0 Å². The summed E-state index contributed by atoms with van der Waals surface area (Å²) in [5.74, 6) is -11.8. The normalized spacial score (nSPS) is 14.2. The molecule has 0 aliphatic heterocycles. The van der Waals surface area contributed by atoms with Gasteiger partial charge in [0.05, 0.1) is 0 Å². The quantitative estimate of drug-likeness (QED) is 0.224. The summed E-state index contributed by atoms with van der Waals surface area (Å²) in [5, 5.41) is -6.47. The van der Waals surface area contributed by atoms with Crippen LogP contribution in [0.2, 0.25) is 0 Å². The number of halogens is 9. The summed E-state index contributed by atoms with van der Waals surface area (Å²) in [6, 6.07) is 0. The van der Waals surface area contributed by atoms with E-state index in [-0.39, 0.29) is 51.0 Å². The van der Waals surface area contributed by atoms with E-state index in [9.17, 15) is 52.5 Å². The molecule has 0 amide bonds. The van der Waals surface area contributed by atoms with Crippen LogP contribution in [0.5, 0.6) is 0 Å². The zero-order valence-electron chi connectivity index (χ0n) is 13.7. The number of rotatable bonds is 11. The first-order valence-electron chi connectivity index (χ1n) is 7.11. The van der Waals surface area contributed by atoms with Gasteiger partial charge < -0.3 is 4.55 Å². The average Bonchev–Trinajstić information content (AvgIpc) is 2.38. The van der Waals surface area contributed by atoms with Gasteiger partial charge in [-0.05, 0) is 12.8 Å². The maximum atomic E-state index is 13.2. The van der Waals surface area contributed by atoms with Crippen LogP contribution < -0.4 is 18.9 Å². The molecule has 0 atom stereocenters. The van der Waals surface area contributed by atoms with Crippen LogP contribution in [0.15, 0.2) is 0 Å². The van der Waals surface area contributed by atoms with Gasteiger partial charge in [0, 0.05) is 12.8 Å². The third-order valence-corrected chi connectivity index (χ3v) is 4.22. The summed E-state index contributed by atoms with van der Waals surface area (Å²) in [5.41, 5.74) is 0. The molecule has 0 aromatic heterocycles. The Morgan fingerprint density at radius 3 is 1.35 bits per heavy atom. The van der Waals surface area contributed by atoms with Crippen molar-refractivity contribution in [3.63, 3.8) is 0 Å². The van der Waals surface area contributed by atoms with Crippen LogP contribution in [0, 0.1) is 0 Å². The Hall–Kier alpha value is -0.123. The van der Waals surface area contributed by atoms with Gasteiger partial charge in [-0.2, -0.15) is 39.5 Å². The topological polar surface area (TPSA) is 57.2 Å². The molecule has 0 heterocycles. The predicted molar refractivity (Wildman–Crippen MR) is 67.5 cm³/mol. The molecule has 0 saturated heterocycles. The predicted octanol–water partition coefficient (Wildman–Crippen LogP) is 2.08. The third kappa shape index (κ3) is 7.86. The molecule has 3 nitrogen and oxygen atoms in total. The van der Waals surface area contributed by atoms with Gasteiger partial charge in [0.25, 0.3) is 0 Å². The summed E-state index contributed by atoms with van der Waals surface area (Å²) in [6.07, 6.45) is -7.75. The maximum absolute atomic E-state index is 13.2. The second kappa shape index (κ2) is 9.89. The van der Waals surface area contributed by atoms with Crippen LogP contribution in [-0.2, 0) is 10.1 Å². The van der Waals surface area contributed by atoms with Crippen LogP contribution in [0.4, 0.5) is 39.5 Å². The van der Waals surface area contributed by atoms with Crippen LogP contribution in [-0.4, -0.2) is 36.2 Å². The third-order valence-electron chi connectivity index (χ3n) is 3.34. The van der Waals surface area contributed by atoms with E-state index in [1.807, 2.05) is 0 Å². The Balaban J connectivity index is 0. The Morgan fingerprint density at radius 2 is 1.00 bits per heavy atom. The van der Waals surface area contributed by atoms with E-state index in [1.54, 1.807) is 0 Å². The minimum Gasteiger partial charge on any atom is -0.743 e. The molecule has 0 saturated carbocycles.